The van der Waals surface area contributed by atoms with Crippen LogP contribution >= 0.6 is 0 Å². The van der Waals surface area contributed by atoms with E-state index in [-0.39, 0.29) is 13.0 Å². The third-order valence-electron chi connectivity index (χ3n) is 6.72. The van der Waals surface area contributed by atoms with Crippen LogP contribution in [0.4, 0.5) is 4.79 Å². The lowest BCUT2D eigenvalue weighted by molar-refractivity contribution is -0.123. The largest absolute Gasteiger partial charge is 0.490 e. The zero-order valence-corrected chi connectivity index (χ0v) is 24.2. The van der Waals surface area contributed by atoms with Crippen molar-refractivity contribution >= 4 is 29.0 Å². The third-order valence-corrected chi connectivity index (χ3v) is 6.72. The van der Waals surface area contributed by atoms with E-state index in [1.807, 2.05) is 73.7 Å². The van der Waals surface area contributed by atoms with Crippen molar-refractivity contribution in [3.05, 3.63) is 126 Å². The summed E-state index contributed by atoms with van der Waals surface area (Å²) < 4.78 is 17.3. The summed E-state index contributed by atoms with van der Waals surface area (Å²) in [6.07, 6.45) is 4.02. The first-order valence-electron chi connectivity index (χ1n) is 14.2. The van der Waals surface area contributed by atoms with Crippen molar-refractivity contribution in [1.82, 2.24) is 20.7 Å². The number of nitrogens with one attached hydrogen (secondary N) is 3. The molecule has 1 aromatic heterocycles. The number of ether oxygens (including phenoxy) is 3. The standard InChI is InChI=1S/C34H33N5O5/c1-2-42-32-17-25(15-16-31(32)43-22-27-13-8-12-26-11-6-7-14-29(26)27)19-37-39-33(40)30(18-28-20-35-23-36-28)38-34(41)44-21-24-9-4-3-5-10-24/h3-17,19-20,23,30H,2,18,21-22H2,1H3,(H,35,36)(H,38,41)(H,39,40)/b37-19-/t30-/m1/s1. The Balaban J connectivity index is 1.21. The molecule has 0 bridgehead atoms. The fourth-order valence-corrected chi connectivity index (χ4v) is 4.55. The van der Waals surface area contributed by atoms with E-state index in [0.717, 1.165) is 21.9 Å². The molecule has 1 heterocycles. The number of H-pyrrole nitrogens is 1. The Morgan fingerprint density at radius 1 is 0.932 bits per heavy atom. The van der Waals surface area contributed by atoms with Gasteiger partial charge in [0.15, 0.2) is 11.5 Å². The van der Waals surface area contributed by atoms with E-state index < -0.39 is 18.0 Å². The first-order chi connectivity index (χ1) is 21.6. The van der Waals surface area contributed by atoms with Gasteiger partial charge in [-0.15, -0.1) is 0 Å². The van der Waals surface area contributed by atoms with E-state index >= 15 is 0 Å². The Morgan fingerprint density at radius 3 is 2.57 bits per heavy atom. The monoisotopic (exact) mass is 591 g/mol. The molecule has 0 aliphatic rings. The normalized spacial score (nSPS) is 11.7. The summed E-state index contributed by atoms with van der Waals surface area (Å²) in [5.74, 6) is 0.634. The van der Waals surface area contributed by atoms with Crippen LogP contribution in [0.25, 0.3) is 10.8 Å². The second kappa shape index (κ2) is 15.0. The van der Waals surface area contributed by atoms with Crippen LogP contribution in [-0.4, -0.2) is 40.8 Å². The number of amides is 2. The lowest BCUT2D eigenvalue weighted by Gasteiger charge is -2.16. The van der Waals surface area contributed by atoms with Crippen molar-refractivity contribution in [2.75, 3.05) is 6.61 Å². The molecule has 10 heteroatoms. The molecule has 0 radical (unpaired) electrons. The number of carbonyl (C=O) groups excluding carboxylic acids is 2. The molecule has 0 fully saturated rings. The first kappa shape index (κ1) is 29.8. The van der Waals surface area contributed by atoms with Crippen LogP contribution in [0.15, 0.2) is 109 Å². The summed E-state index contributed by atoms with van der Waals surface area (Å²) in [5.41, 5.74) is 5.76. The Hall–Kier alpha value is -5.64. The van der Waals surface area contributed by atoms with E-state index in [1.54, 1.807) is 12.3 Å². The van der Waals surface area contributed by atoms with Crippen molar-refractivity contribution in [2.45, 2.75) is 32.6 Å². The molecule has 224 valence electrons. The number of hydrogen-bond donors (Lipinski definition) is 3. The van der Waals surface area contributed by atoms with Crippen LogP contribution < -0.4 is 20.2 Å². The molecular weight excluding hydrogens is 558 g/mol. The van der Waals surface area contributed by atoms with Crippen LogP contribution in [0, 0.1) is 0 Å². The number of alkyl carbamates (subject to hydrolysis) is 1. The highest BCUT2D eigenvalue weighted by molar-refractivity contribution is 5.88. The van der Waals surface area contributed by atoms with Crippen LogP contribution in [0.5, 0.6) is 11.5 Å². The average molecular weight is 592 g/mol. The van der Waals surface area contributed by atoms with Gasteiger partial charge in [0.2, 0.25) is 0 Å². The second-order valence-electron chi connectivity index (χ2n) is 9.84. The van der Waals surface area contributed by atoms with E-state index in [2.05, 4.69) is 44.0 Å². The molecule has 0 aliphatic heterocycles. The predicted molar refractivity (Wildman–Crippen MR) is 167 cm³/mol. The van der Waals surface area contributed by atoms with E-state index in [0.29, 0.717) is 36.0 Å². The van der Waals surface area contributed by atoms with Gasteiger partial charge in [-0.1, -0.05) is 72.8 Å². The molecule has 5 aromatic rings. The third kappa shape index (κ3) is 8.22. The molecule has 44 heavy (non-hydrogen) atoms. The number of aromatic nitrogens is 2. The van der Waals surface area contributed by atoms with Crippen LogP contribution in [0.2, 0.25) is 0 Å². The minimum atomic E-state index is -0.959. The number of rotatable bonds is 13. The lowest BCUT2D eigenvalue weighted by atomic mass is 10.1. The summed E-state index contributed by atoms with van der Waals surface area (Å²) >= 11 is 0. The van der Waals surface area contributed by atoms with Crippen molar-refractivity contribution in [3.8, 4) is 11.5 Å². The molecule has 0 saturated carbocycles. The van der Waals surface area contributed by atoms with Crippen LogP contribution in [0.1, 0.15) is 29.3 Å². The van der Waals surface area contributed by atoms with Crippen LogP contribution in [0.3, 0.4) is 0 Å². The van der Waals surface area contributed by atoms with Gasteiger partial charge >= 0.3 is 6.09 Å². The zero-order valence-electron chi connectivity index (χ0n) is 24.2. The van der Waals surface area contributed by atoms with E-state index in [4.69, 9.17) is 14.2 Å². The smallest absolute Gasteiger partial charge is 0.408 e. The number of fused-ring (bicyclic) bond motifs is 1. The van der Waals surface area contributed by atoms with Crippen molar-refractivity contribution in [3.63, 3.8) is 0 Å². The van der Waals surface area contributed by atoms with Crippen molar-refractivity contribution in [1.29, 1.82) is 0 Å². The van der Waals surface area contributed by atoms with E-state index in [1.165, 1.54) is 12.5 Å². The fourth-order valence-electron chi connectivity index (χ4n) is 4.55. The summed E-state index contributed by atoms with van der Waals surface area (Å²) in [7, 11) is 0. The number of benzene rings is 4. The molecule has 0 unspecified atom stereocenters. The summed E-state index contributed by atoms with van der Waals surface area (Å²) in [6, 6.07) is 28.0. The van der Waals surface area contributed by atoms with Gasteiger partial charge in [0, 0.05) is 18.3 Å². The predicted octanol–water partition coefficient (Wildman–Crippen LogP) is 5.53. The summed E-state index contributed by atoms with van der Waals surface area (Å²) in [6.45, 7) is 2.80. The number of carbonyl (C=O) groups is 2. The number of nitrogens with zero attached hydrogens (tertiary/aromatic N) is 2. The van der Waals surface area contributed by atoms with E-state index in [9.17, 15) is 9.59 Å². The Kier molecular flexibility index (Phi) is 10.2. The van der Waals surface area contributed by atoms with Gasteiger partial charge in [-0.3, -0.25) is 4.79 Å². The molecule has 3 N–H and O–H groups in total. The molecule has 1 atom stereocenters. The van der Waals surface area contributed by atoms with Gasteiger partial charge in [-0.05, 0) is 52.6 Å². The average Bonchev–Trinajstić information content (AvgIpc) is 3.57. The maximum absolute atomic E-state index is 13.0. The highest BCUT2D eigenvalue weighted by Gasteiger charge is 2.22. The SMILES string of the molecule is CCOc1cc(/C=N\NC(=O)[C@@H](Cc2cnc[nH]2)NC(=O)OCc2ccccc2)ccc1OCc1cccc2ccccc12. The van der Waals surface area contributed by atoms with Crippen molar-refractivity contribution in [2.24, 2.45) is 5.10 Å². The number of imidazole rings is 1. The fraction of sp³-hybridized carbons (Fsp3) is 0.176. The summed E-state index contributed by atoms with van der Waals surface area (Å²) in [5, 5.41) is 9.01. The van der Waals surface area contributed by atoms with Gasteiger partial charge in [0.25, 0.3) is 5.91 Å². The van der Waals surface area contributed by atoms with Gasteiger partial charge in [0.1, 0.15) is 19.3 Å². The van der Waals surface area contributed by atoms with Gasteiger partial charge in [-0.2, -0.15) is 5.10 Å². The highest BCUT2D eigenvalue weighted by Crippen LogP contribution is 2.30. The molecule has 5 rings (SSSR count). The number of hydrazone groups is 1. The van der Waals surface area contributed by atoms with Crippen LogP contribution in [-0.2, 0) is 29.2 Å². The Labute approximate surface area is 255 Å². The maximum atomic E-state index is 13.0. The summed E-state index contributed by atoms with van der Waals surface area (Å²) in [4.78, 5) is 32.4. The maximum Gasteiger partial charge on any atom is 0.408 e. The lowest BCUT2D eigenvalue weighted by Crippen LogP contribution is -2.47. The second-order valence-corrected chi connectivity index (χ2v) is 9.84. The highest BCUT2D eigenvalue weighted by atomic mass is 16.5. The molecular formula is C34H33N5O5. The number of hydrogen-bond acceptors (Lipinski definition) is 7. The molecule has 0 aliphatic carbocycles. The molecule has 0 saturated heterocycles. The Morgan fingerprint density at radius 2 is 1.75 bits per heavy atom. The minimum Gasteiger partial charge on any atom is -0.490 e. The minimum absolute atomic E-state index is 0.0764. The van der Waals surface area contributed by atoms with Gasteiger partial charge < -0.3 is 24.5 Å². The molecule has 10 nitrogen and oxygen atoms in total. The molecule has 4 aromatic carbocycles. The zero-order chi connectivity index (χ0) is 30.6. The number of aromatic amines is 1. The first-order valence-corrected chi connectivity index (χ1v) is 14.2. The quantitative estimate of drug-likeness (QED) is 0.122. The molecule has 0 spiro atoms. The van der Waals surface area contributed by atoms with Gasteiger partial charge in [-0.25, -0.2) is 15.2 Å². The Bertz CT molecular complexity index is 1700. The van der Waals surface area contributed by atoms with Gasteiger partial charge in [0.05, 0.1) is 19.1 Å². The topological polar surface area (TPSA) is 127 Å². The molecule has 2 amide bonds. The van der Waals surface area contributed by atoms with Crippen molar-refractivity contribution < 1.29 is 23.8 Å².